The molecule has 2 saturated carbocycles. The van der Waals surface area contributed by atoms with Crippen molar-refractivity contribution in [3.63, 3.8) is 0 Å². The number of fused-ring (bicyclic) bond motifs is 2. The molecule has 2 bridgehead atoms. The van der Waals surface area contributed by atoms with Crippen molar-refractivity contribution in [3.8, 4) is 0 Å². The molecule has 2 aliphatic rings. The number of aromatic nitrogens is 1. The van der Waals surface area contributed by atoms with Crippen LogP contribution in [0.1, 0.15) is 51.6 Å². The van der Waals surface area contributed by atoms with Gasteiger partial charge in [0, 0.05) is 18.8 Å². The van der Waals surface area contributed by atoms with Crippen LogP contribution in [0, 0.1) is 34.0 Å². The lowest BCUT2D eigenvalue weighted by molar-refractivity contribution is -0.0885. The highest BCUT2D eigenvalue weighted by molar-refractivity contribution is 8.26. The number of nitrogens with one attached hydrogen (secondary N) is 4. The number of nitrogens with two attached hydrogens (primary N) is 1. The average Bonchev–Trinajstić information content (AvgIpc) is 3.05. The lowest BCUT2D eigenvalue weighted by Gasteiger charge is -2.52. The number of aliphatic hydroxyl groups is 1. The van der Waals surface area contributed by atoms with Crippen molar-refractivity contribution in [1.82, 2.24) is 4.98 Å². The number of amidine groups is 1. The van der Waals surface area contributed by atoms with Crippen LogP contribution in [0.5, 0.6) is 0 Å². The fourth-order valence-electron chi connectivity index (χ4n) is 5.44. The Balaban J connectivity index is 2.07. The van der Waals surface area contributed by atoms with Crippen molar-refractivity contribution in [3.05, 3.63) is 24.0 Å². The normalized spacial score (nSPS) is 33.9. The minimum absolute atomic E-state index is 0.107. The molecule has 0 saturated heterocycles. The number of hydrogen-bond acceptors (Lipinski definition) is 6. The van der Waals surface area contributed by atoms with Crippen LogP contribution in [0.15, 0.2) is 23.3 Å². The zero-order valence-electron chi connectivity index (χ0n) is 16.5. The van der Waals surface area contributed by atoms with E-state index in [2.05, 4.69) is 18.8 Å². The van der Waals surface area contributed by atoms with Crippen molar-refractivity contribution < 1.29 is 5.11 Å². The van der Waals surface area contributed by atoms with Gasteiger partial charge in [0.2, 0.25) is 0 Å². The lowest BCUT2D eigenvalue weighted by atomic mass is 9.59. The van der Waals surface area contributed by atoms with Crippen molar-refractivity contribution >= 4 is 33.9 Å². The lowest BCUT2D eigenvalue weighted by Crippen LogP contribution is -2.53. The van der Waals surface area contributed by atoms with E-state index in [1.807, 2.05) is 12.1 Å². The van der Waals surface area contributed by atoms with Crippen LogP contribution < -0.4 is 5.73 Å². The average molecular weight is 403 g/mol. The zero-order valence-corrected chi connectivity index (χ0v) is 17.3. The Morgan fingerprint density at radius 2 is 1.96 bits per heavy atom. The first-order valence-electron chi connectivity index (χ1n) is 9.72. The number of rotatable bonds is 5. The van der Waals surface area contributed by atoms with Crippen LogP contribution in [-0.4, -0.2) is 43.4 Å². The highest BCUT2D eigenvalue weighted by Crippen LogP contribution is 2.52. The molecule has 2 fully saturated rings. The van der Waals surface area contributed by atoms with E-state index in [9.17, 15) is 5.11 Å². The molecule has 0 radical (unpaired) electrons. The largest absolute Gasteiger partial charge is 0.390 e. The summed E-state index contributed by atoms with van der Waals surface area (Å²) in [5, 5.41) is 34.9. The van der Waals surface area contributed by atoms with Gasteiger partial charge in [-0.15, -0.1) is 0 Å². The molecule has 0 aliphatic heterocycles. The molecular weight excluding hydrogens is 372 g/mol. The molecule has 8 heteroatoms. The molecular formula is C20H30N6OS. The maximum atomic E-state index is 11.2. The van der Waals surface area contributed by atoms with Gasteiger partial charge < -0.3 is 21.2 Å². The van der Waals surface area contributed by atoms with Crippen molar-refractivity contribution in [2.24, 2.45) is 28.5 Å². The van der Waals surface area contributed by atoms with Crippen LogP contribution in [0.2, 0.25) is 0 Å². The molecule has 3 unspecified atom stereocenters. The zero-order chi connectivity index (χ0) is 20.5. The first-order chi connectivity index (χ1) is 13.2. The third kappa shape index (κ3) is 4.38. The number of thioether (sulfide) groups is 1. The molecule has 0 spiro atoms. The van der Waals surface area contributed by atoms with Crippen LogP contribution in [-0.2, 0) is 0 Å². The second-order valence-electron chi connectivity index (χ2n) is 8.71. The quantitative estimate of drug-likeness (QED) is 0.331. The molecule has 2 aliphatic carbocycles. The van der Waals surface area contributed by atoms with E-state index < -0.39 is 17.1 Å². The van der Waals surface area contributed by atoms with Gasteiger partial charge in [0.25, 0.3) is 0 Å². The number of aromatic amines is 1. The smallest absolute Gasteiger partial charge is 0.157 e. The van der Waals surface area contributed by atoms with E-state index in [0.717, 1.165) is 43.1 Å². The number of aliphatic imine (C=N–C) groups is 1. The maximum Gasteiger partial charge on any atom is 0.157 e. The molecule has 0 amide bonds. The molecule has 7 N–H and O–H groups in total. The van der Waals surface area contributed by atoms with Gasteiger partial charge in [0.05, 0.1) is 33.5 Å². The molecule has 152 valence electrons. The minimum atomic E-state index is -0.693. The van der Waals surface area contributed by atoms with Gasteiger partial charge in [0.1, 0.15) is 0 Å². The van der Waals surface area contributed by atoms with Crippen molar-refractivity contribution in [2.75, 3.05) is 0 Å². The van der Waals surface area contributed by atoms with Crippen molar-refractivity contribution in [1.29, 1.82) is 16.2 Å². The Kier molecular flexibility index (Phi) is 5.82. The second-order valence-corrected chi connectivity index (χ2v) is 9.79. The summed E-state index contributed by atoms with van der Waals surface area (Å²) in [5.74, 6) is 0.0539. The maximum absolute atomic E-state index is 11.2. The van der Waals surface area contributed by atoms with E-state index in [1.165, 1.54) is 6.21 Å². The molecule has 1 aromatic heterocycles. The predicted octanol–water partition coefficient (Wildman–Crippen LogP) is 3.39. The van der Waals surface area contributed by atoms with Crippen molar-refractivity contribution in [2.45, 2.75) is 57.1 Å². The Hall–Kier alpha value is -1.93. The molecule has 3 rings (SSSR count). The predicted molar refractivity (Wildman–Crippen MR) is 116 cm³/mol. The Labute approximate surface area is 170 Å². The van der Waals surface area contributed by atoms with Gasteiger partial charge in [-0.3, -0.25) is 15.8 Å². The molecule has 1 heterocycles. The van der Waals surface area contributed by atoms with Crippen LogP contribution >= 0.6 is 11.8 Å². The summed E-state index contributed by atoms with van der Waals surface area (Å²) in [5.41, 5.74) is 5.76. The van der Waals surface area contributed by atoms with Gasteiger partial charge in [-0.2, -0.15) is 0 Å². The first-order valence-corrected chi connectivity index (χ1v) is 10.5. The van der Waals surface area contributed by atoms with Gasteiger partial charge in [-0.1, -0.05) is 13.8 Å². The second kappa shape index (κ2) is 7.83. The number of H-pyrrole nitrogens is 1. The summed E-state index contributed by atoms with van der Waals surface area (Å²) in [6, 6.07) is 3.76. The van der Waals surface area contributed by atoms with Gasteiger partial charge in [-0.25, -0.2) is 0 Å². The van der Waals surface area contributed by atoms with Crippen LogP contribution in [0.4, 0.5) is 0 Å². The third-order valence-corrected chi connectivity index (χ3v) is 6.46. The summed E-state index contributed by atoms with van der Waals surface area (Å²) in [6.45, 7) is 4.33. The number of nitrogens with zero attached hydrogens (tertiary/aromatic N) is 1. The van der Waals surface area contributed by atoms with Gasteiger partial charge >= 0.3 is 0 Å². The molecule has 3 atom stereocenters. The summed E-state index contributed by atoms with van der Waals surface area (Å²) in [6.07, 6.45) is 7.00. The van der Waals surface area contributed by atoms with E-state index in [0.29, 0.717) is 24.0 Å². The highest BCUT2D eigenvalue weighted by Gasteiger charge is 2.51. The third-order valence-electron chi connectivity index (χ3n) is 5.77. The Morgan fingerprint density at radius 1 is 1.32 bits per heavy atom. The van der Waals surface area contributed by atoms with E-state index in [-0.39, 0.29) is 10.2 Å². The SMILES string of the molecule is CC1CC2(O)CC(C)CC(N=C(c3ccc[nH]3)C(C=N)C(=N)SC(=N)N)(C1)C2. The molecule has 1 aromatic rings. The summed E-state index contributed by atoms with van der Waals surface area (Å²) < 4.78 is 0. The Morgan fingerprint density at radius 3 is 2.46 bits per heavy atom. The summed E-state index contributed by atoms with van der Waals surface area (Å²) in [4.78, 5) is 8.35. The van der Waals surface area contributed by atoms with E-state index in [4.69, 9.17) is 27.0 Å². The molecule has 28 heavy (non-hydrogen) atoms. The van der Waals surface area contributed by atoms with E-state index >= 15 is 0 Å². The van der Waals surface area contributed by atoms with Crippen LogP contribution in [0.25, 0.3) is 0 Å². The standard InChI is InChI=1S/C20H30N6OS/c1-12-6-19(7-13(2)9-20(27,8-12)11-19)26-16(15-4-3-5-25-15)14(10-21)17(22)28-18(23)24/h3-5,10,12-14,21-22,25,27H,6-9,11H2,1-2H3,(H3,23,24). The minimum Gasteiger partial charge on any atom is -0.390 e. The fraction of sp³-hybridized carbons (Fsp3) is 0.600. The van der Waals surface area contributed by atoms with Gasteiger partial charge in [-0.05, 0) is 61.4 Å². The topological polar surface area (TPSA) is 146 Å². The Bertz CT molecular complexity index is 773. The first kappa shape index (κ1) is 20.8. The molecule has 0 aromatic carbocycles. The van der Waals surface area contributed by atoms with Gasteiger partial charge in [0.15, 0.2) is 5.17 Å². The summed E-state index contributed by atoms with van der Waals surface area (Å²) in [7, 11) is 0. The molecule has 7 nitrogen and oxygen atoms in total. The monoisotopic (exact) mass is 402 g/mol. The fourth-order valence-corrected chi connectivity index (χ4v) is 5.98. The summed E-state index contributed by atoms with van der Waals surface area (Å²) >= 11 is 0.845. The van der Waals surface area contributed by atoms with Crippen LogP contribution in [0.3, 0.4) is 0 Å². The highest BCUT2D eigenvalue weighted by atomic mass is 32.2. The number of hydrogen-bond donors (Lipinski definition) is 6. The van der Waals surface area contributed by atoms with E-state index in [1.54, 1.807) is 6.20 Å².